The number of hydrogen-bond acceptors (Lipinski definition) is 5. The Morgan fingerprint density at radius 1 is 1.08 bits per heavy atom. The van der Waals surface area contributed by atoms with Crippen LogP contribution in [0.2, 0.25) is 6.04 Å². The predicted molar refractivity (Wildman–Crippen MR) is 48.2 cm³/mol. The van der Waals surface area contributed by atoms with Gasteiger partial charge in [-0.25, -0.2) is 0 Å². The zero-order valence-electron chi connectivity index (χ0n) is 8.46. The number of rotatable bonds is 6. The minimum absolute atomic E-state index is 0.248. The maximum Gasteiger partial charge on any atom is 0.500 e. The Hall–Kier alpha value is -0.433. The van der Waals surface area contributed by atoms with E-state index in [0.717, 1.165) is 0 Å². The Balaban J connectivity index is 4.02. The van der Waals surface area contributed by atoms with Gasteiger partial charge in [-0.1, -0.05) is 0 Å². The van der Waals surface area contributed by atoms with Gasteiger partial charge in [0.1, 0.15) is 0 Å². The molecule has 0 heterocycles. The molecule has 5 nitrogen and oxygen atoms in total. The highest BCUT2D eigenvalue weighted by atomic mass is 28.4. The van der Waals surface area contributed by atoms with Crippen LogP contribution < -0.4 is 0 Å². The minimum Gasteiger partial charge on any atom is -0.469 e. The van der Waals surface area contributed by atoms with E-state index in [2.05, 4.69) is 4.74 Å². The molecule has 78 valence electrons. The molecule has 0 unspecified atom stereocenters. The van der Waals surface area contributed by atoms with Crippen molar-refractivity contribution in [3.8, 4) is 0 Å². The zero-order valence-corrected chi connectivity index (χ0v) is 9.46. The molecule has 0 amide bonds. The third-order valence-corrected chi connectivity index (χ3v) is 4.52. The Morgan fingerprint density at radius 2 is 1.54 bits per heavy atom. The second-order valence-electron chi connectivity index (χ2n) is 2.37. The maximum atomic E-state index is 10.8. The lowest BCUT2D eigenvalue weighted by molar-refractivity contribution is -0.140. The van der Waals surface area contributed by atoms with Gasteiger partial charge in [-0.2, -0.15) is 0 Å². The summed E-state index contributed by atoms with van der Waals surface area (Å²) in [6.07, 6.45) is 0.248. The molecule has 0 aliphatic heterocycles. The summed E-state index contributed by atoms with van der Waals surface area (Å²) in [5, 5.41) is 0. The molecule has 0 aliphatic carbocycles. The molecule has 0 aromatic heterocycles. The van der Waals surface area contributed by atoms with Crippen molar-refractivity contribution in [2.24, 2.45) is 0 Å². The summed E-state index contributed by atoms with van der Waals surface area (Å²) in [4.78, 5) is 10.8. The Kier molecular flexibility index (Phi) is 5.88. The molecule has 6 heteroatoms. The van der Waals surface area contributed by atoms with Crippen LogP contribution in [0.4, 0.5) is 0 Å². The van der Waals surface area contributed by atoms with Crippen molar-refractivity contribution in [1.82, 2.24) is 0 Å². The van der Waals surface area contributed by atoms with E-state index in [1.807, 2.05) is 0 Å². The second-order valence-corrected chi connectivity index (χ2v) is 5.46. The number of methoxy groups -OCH3 is 1. The lowest BCUT2D eigenvalue weighted by Crippen LogP contribution is -2.43. The van der Waals surface area contributed by atoms with Crippen molar-refractivity contribution < 1.29 is 22.8 Å². The lowest BCUT2D eigenvalue weighted by atomic mass is 10.5. The highest BCUT2D eigenvalue weighted by Gasteiger charge is 2.38. The maximum absolute atomic E-state index is 10.8. The van der Waals surface area contributed by atoms with E-state index < -0.39 is 8.80 Å². The molecular formula is C7H16O5Si. The van der Waals surface area contributed by atoms with Crippen LogP contribution in [-0.4, -0.2) is 43.2 Å². The van der Waals surface area contributed by atoms with Crippen LogP contribution in [0.3, 0.4) is 0 Å². The fraction of sp³-hybridized carbons (Fsp3) is 0.857. The van der Waals surface area contributed by atoms with E-state index in [1.54, 1.807) is 0 Å². The van der Waals surface area contributed by atoms with Crippen LogP contribution in [0.25, 0.3) is 0 Å². The first-order valence-corrected chi connectivity index (χ1v) is 5.79. The van der Waals surface area contributed by atoms with Crippen LogP contribution >= 0.6 is 0 Å². The molecule has 0 fully saturated rings. The molecular weight excluding hydrogens is 192 g/mol. The number of carbonyl (C=O) groups excluding carboxylic acids is 1. The van der Waals surface area contributed by atoms with Crippen molar-refractivity contribution in [1.29, 1.82) is 0 Å². The molecule has 0 saturated heterocycles. The monoisotopic (exact) mass is 208 g/mol. The van der Waals surface area contributed by atoms with Gasteiger partial charge in [0.05, 0.1) is 7.11 Å². The van der Waals surface area contributed by atoms with Gasteiger partial charge in [0, 0.05) is 33.8 Å². The molecule has 0 aromatic carbocycles. The molecule has 0 radical (unpaired) electrons. The highest BCUT2D eigenvalue weighted by molar-refractivity contribution is 6.60. The van der Waals surface area contributed by atoms with Gasteiger partial charge in [0.2, 0.25) is 0 Å². The normalized spacial score (nSPS) is 11.4. The average molecular weight is 208 g/mol. The fourth-order valence-electron chi connectivity index (χ4n) is 0.913. The number of ether oxygens (including phenoxy) is 1. The first kappa shape index (κ1) is 12.6. The van der Waals surface area contributed by atoms with Crippen molar-refractivity contribution in [3.05, 3.63) is 0 Å². The quantitative estimate of drug-likeness (QED) is 0.468. The summed E-state index contributed by atoms with van der Waals surface area (Å²) in [7, 11) is 3.28. The summed E-state index contributed by atoms with van der Waals surface area (Å²) in [6, 6.07) is 0.434. The largest absolute Gasteiger partial charge is 0.500 e. The van der Waals surface area contributed by atoms with Gasteiger partial charge in [0.25, 0.3) is 0 Å². The van der Waals surface area contributed by atoms with Crippen molar-refractivity contribution in [2.45, 2.75) is 12.5 Å². The molecule has 13 heavy (non-hydrogen) atoms. The summed E-state index contributed by atoms with van der Waals surface area (Å²) < 4.78 is 19.8. The van der Waals surface area contributed by atoms with Crippen molar-refractivity contribution in [3.63, 3.8) is 0 Å². The SMILES string of the molecule is COC(=O)CC[Si](OC)(OC)OC. The highest BCUT2D eigenvalue weighted by Crippen LogP contribution is 2.14. The Bertz CT molecular complexity index is 149. The predicted octanol–water partition coefficient (Wildman–Crippen LogP) is 0.428. The van der Waals surface area contributed by atoms with E-state index in [0.29, 0.717) is 6.04 Å². The Morgan fingerprint density at radius 3 is 1.85 bits per heavy atom. The summed E-state index contributed by atoms with van der Waals surface area (Å²) >= 11 is 0. The van der Waals surface area contributed by atoms with Crippen molar-refractivity contribution >= 4 is 14.8 Å². The molecule has 0 rings (SSSR count). The van der Waals surface area contributed by atoms with Crippen LogP contribution in [0, 0.1) is 0 Å². The number of hydrogen-bond donors (Lipinski definition) is 0. The zero-order chi connectivity index (χ0) is 10.3. The van der Waals surface area contributed by atoms with Crippen LogP contribution in [0.5, 0.6) is 0 Å². The second kappa shape index (κ2) is 6.09. The van der Waals surface area contributed by atoms with Crippen LogP contribution in [0.15, 0.2) is 0 Å². The molecule has 0 atom stereocenters. The summed E-state index contributed by atoms with van der Waals surface area (Å²) in [6.45, 7) is 0. The van der Waals surface area contributed by atoms with Crippen molar-refractivity contribution in [2.75, 3.05) is 28.4 Å². The van der Waals surface area contributed by atoms with Gasteiger partial charge < -0.3 is 18.0 Å². The summed E-state index contributed by atoms with van der Waals surface area (Å²) in [5.41, 5.74) is 0. The number of esters is 1. The van der Waals surface area contributed by atoms with Crippen LogP contribution in [-0.2, 0) is 22.8 Å². The average Bonchev–Trinajstić information content (AvgIpc) is 2.20. The van der Waals surface area contributed by atoms with E-state index in [4.69, 9.17) is 13.3 Å². The van der Waals surface area contributed by atoms with E-state index in [9.17, 15) is 4.79 Å². The van der Waals surface area contributed by atoms with Gasteiger partial charge >= 0.3 is 14.8 Å². The molecule has 0 N–H and O–H groups in total. The lowest BCUT2D eigenvalue weighted by Gasteiger charge is -2.23. The molecule has 0 saturated carbocycles. The molecule has 0 aromatic rings. The van der Waals surface area contributed by atoms with E-state index >= 15 is 0 Å². The molecule has 0 bridgehead atoms. The summed E-state index contributed by atoms with van der Waals surface area (Å²) in [5.74, 6) is -0.289. The minimum atomic E-state index is -2.60. The third-order valence-electron chi connectivity index (χ3n) is 1.80. The van der Waals surface area contributed by atoms with E-state index in [1.165, 1.54) is 28.4 Å². The smallest absolute Gasteiger partial charge is 0.469 e. The Labute approximate surface area is 79.3 Å². The van der Waals surface area contributed by atoms with Gasteiger partial charge in [-0.3, -0.25) is 4.79 Å². The third kappa shape index (κ3) is 3.86. The van der Waals surface area contributed by atoms with E-state index in [-0.39, 0.29) is 12.4 Å². The topological polar surface area (TPSA) is 54.0 Å². The first-order valence-electron chi connectivity index (χ1n) is 3.86. The van der Waals surface area contributed by atoms with Crippen LogP contribution in [0.1, 0.15) is 6.42 Å². The standard InChI is InChI=1S/C7H16O5Si/c1-9-7(8)5-6-13(10-2,11-3)12-4/h5-6H2,1-4H3. The fourth-order valence-corrected chi connectivity index (χ4v) is 2.54. The molecule has 0 spiro atoms. The van der Waals surface area contributed by atoms with Gasteiger partial charge in [-0.05, 0) is 0 Å². The number of carbonyl (C=O) groups is 1. The van der Waals surface area contributed by atoms with Gasteiger partial charge in [0.15, 0.2) is 0 Å². The molecule has 0 aliphatic rings. The first-order chi connectivity index (χ1) is 6.14. The van der Waals surface area contributed by atoms with Gasteiger partial charge in [-0.15, -0.1) is 0 Å².